The zero-order valence-corrected chi connectivity index (χ0v) is 8.20. The molecule has 1 fully saturated rings. The Morgan fingerprint density at radius 1 is 1.57 bits per heavy atom. The number of hydrogen-bond donors (Lipinski definition) is 0. The first-order valence-corrected chi connectivity index (χ1v) is 4.72. The van der Waals surface area contributed by atoms with Crippen molar-refractivity contribution < 1.29 is 9.53 Å². The molecule has 5 heteroatoms. The van der Waals surface area contributed by atoms with Gasteiger partial charge < -0.3 is 9.64 Å². The van der Waals surface area contributed by atoms with Crippen molar-refractivity contribution in [2.24, 2.45) is 0 Å². The summed E-state index contributed by atoms with van der Waals surface area (Å²) in [6.07, 6.45) is 2.23. The van der Waals surface area contributed by atoms with Gasteiger partial charge in [0, 0.05) is 19.3 Å². The first-order chi connectivity index (χ1) is 6.77. The lowest BCUT2D eigenvalue weighted by atomic mass is 10.2. The molecule has 1 amide bonds. The van der Waals surface area contributed by atoms with E-state index < -0.39 is 0 Å². The maximum atomic E-state index is 11.4. The van der Waals surface area contributed by atoms with Gasteiger partial charge in [-0.25, -0.2) is 9.78 Å². The van der Waals surface area contributed by atoms with Gasteiger partial charge in [-0.1, -0.05) is 11.6 Å². The van der Waals surface area contributed by atoms with E-state index >= 15 is 0 Å². The molecule has 0 N–H and O–H groups in total. The van der Waals surface area contributed by atoms with Gasteiger partial charge in [0.25, 0.3) is 0 Å². The Morgan fingerprint density at radius 3 is 2.93 bits per heavy atom. The summed E-state index contributed by atoms with van der Waals surface area (Å²) in [6.45, 7) is 1.52. The molecule has 0 atom stereocenters. The summed E-state index contributed by atoms with van der Waals surface area (Å²) >= 11 is 5.73. The minimum atomic E-state index is -0.355. The van der Waals surface area contributed by atoms with E-state index in [1.807, 2.05) is 0 Å². The maximum absolute atomic E-state index is 11.4. The molecule has 1 aliphatic rings. The first kappa shape index (κ1) is 9.27. The van der Waals surface area contributed by atoms with Crippen molar-refractivity contribution in [3.8, 4) is 5.75 Å². The second-order valence-electron chi connectivity index (χ2n) is 3.00. The molecular weight excluding hydrogens is 204 g/mol. The summed E-state index contributed by atoms with van der Waals surface area (Å²) in [4.78, 5) is 16.8. The summed E-state index contributed by atoms with van der Waals surface area (Å²) in [5.74, 6) is 0.311. The second kappa shape index (κ2) is 3.84. The predicted octanol–water partition coefficient (Wildman–Crippen LogP) is 1.94. The molecule has 0 spiro atoms. The van der Waals surface area contributed by atoms with Crippen LogP contribution in [0.3, 0.4) is 0 Å². The van der Waals surface area contributed by atoms with Crippen molar-refractivity contribution in [1.29, 1.82) is 0 Å². The molecule has 2 rings (SSSR count). The largest absolute Gasteiger partial charge is 0.415 e. The van der Waals surface area contributed by atoms with Crippen LogP contribution in [0.5, 0.6) is 5.75 Å². The van der Waals surface area contributed by atoms with Crippen molar-refractivity contribution in [1.82, 2.24) is 9.88 Å². The lowest BCUT2D eigenvalue weighted by Crippen LogP contribution is -2.43. The first-order valence-electron chi connectivity index (χ1n) is 4.34. The van der Waals surface area contributed by atoms with Gasteiger partial charge in [0.1, 0.15) is 0 Å². The topological polar surface area (TPSA) is 42.4 Å². The number of pyridine rings is 1. The van der Waals surface area contributed by atoms with Gasteiger partial charge in [0.2, 0.25) is 0 Å². The van der Waals surface area contributed by atoms with Crippen molar-refractivity contribution in [2.75, 3.05) is 13.1 Å². The third-order valence-corrected chi connectivity index (χ3v) is 2.32. The third kappa shape index (κ3) is 1.80. The Hall–Kier alpha value is -1.29. The van der Waals surface area contributed by atoms with Gasteiger partial charge in [0.15, 0.2) is 10.9 Å². The van der Waals surface area contributed by atoms with Crippen LogP contribution in [0.25, 0.3) is 0 Å². The second-order valence-corrected chi connectivity index (χ2v) is 3.36. The smallest absolute Gasteiger partial charge is 0.407 e. The van der Waals surface area contributed by atoms with Crippen LogP contribution < -0.4 is 4.74 Å². The van der Waals surface area contributed by atoms with Crippen molar-refractivity contribution in [3.63, 3.8) is 0 Å². The molecule has 0 saturated carbocycles. The number of nitrogens with zero attached hydrogens (tertiary/aromatic N) is 2. The number of carbonyl (C=O) groups is 1. The maximum Gasteiger partial charge on any atom is 0.415 e. The Bertz CT molecular complexity index is 352. The van der Waals surface area contributed by atoms with E-state index in [9.17, 15) is 4.79 Å². The monoisotopic (exact) mass is 212 g/mol. The van der Waals surface area contributed by atoms with Crippen molar-refractivity contribution >= 4 is 17.7 Å². The lowest BCUT2D eigenvalue weighted by molar-refractivity contribution is 0.125. The van der Waals surface area contributed by atoms with Gasteiger partial charge in [-0.2, -0.15) is 0 Å². The quantitative estimate of drug-likeness (QED) is 0.669. The van der Waals surface area contributed by atoms with Crippen LogP contribution in [0.2, 0.25) is 5.15 Å². The molecule has 0 aromatic carbocycles. The molecule has 1 aromatic heterocycles. The minimum absolute atomic E-state index is 0.210. The molecule has 1 aliphatic heterocycles. The van der Waals surface area contributed by atoms with Crippen LogP contribution in [0.4, 0.5) is 4.79 Å². The fourth-order valence-electron chi connectivity index (χ4n) is 1.10. The number of likely N-dealkylation sites (tertiary alicyclic amines) is 1. The normalized spacial score (nSPS) is 14.8. The number of rotatable bonds is 1. The van der Waals surface area contributed by atoms with Crippen molar-refractivity contribution in [2.45, 2.75) is 6.42 Å². The Labute approximate surface area is 86.4 Å². The minimum Gasteiger partial charge on any atom is -0.407 e. The number of halogens is 1. The number of aromatic nitrogens is 1. The fourth-order valence-corrected chi connectivity index (χ4v) is 1.26. The summed E-state index contributed by atoms with van der Waals surface area (Å²) in [7, 11) is 0. The lowest BCUT2D eigenvalue weighted by Gasteiger charge is -2.29. The highest BCUT2D eigenvalue weighted by Crippen LogP contribution is 2.21. The van der Waals surface area contributed by atoms with Crippen LogP contribution in [0.1, 0.15) is 6.42 Å². The summed E-state index contributed by atoms with van der Waals surface area (Å²) in [6, 6.07) is 3.29. The van der Waals surface area contributed by atoms with Crippen LogP contribution in [-0.4, -0.2) is 29.1 Å². The van der Waals surface area contributed by atoms with E-state index in [4.69, 9.17) is 16.3 Å². The Balaban J connectivity index is 2.03. The number of amides is 1. The van der Waals surface area contributed by atoms with Gasteiger partial charge >= 0.3 is 6.09 Å². The molecule has 4 nitrogen and oxygen atoms in total. The van der Waals surface area contributed by atoms with Crippen LogP contribution in [-0.2, 0) is 0 Å². The highest BCUT2D eigenvalue weighted by atomic mass is 35.5. The Kier molecular flexibility index (Phi) is 2.54. The van der Waals surface area contributed by atoms with Gasteiger partial charge in [-0.05, 0) is 18.6 Å². The summed E-state index contributed by atoms with van der Waals surface area (Å²) < 4.78 is 5.04. The number of ether oxygens (including phenoxy) is 1. The summed E-state index contributed by atoms with van der Waals surface area (Å²) in [5.41, 5.74) is 0. The average Bonchev–Trinajstić information content (AvgIpc) is 2.05. The van der Waals surface area contributed by atoms with E-state index in [1.165, 1.54) is 0 Å². The summed E-state index contributed by atoms with van der Waals surface area (Å²) in [5, 5.41) is 0.210. The van der Waals surface area contributed by atoms with E-state index in [0.29, 0.717) is 5.75 Å². The average molecular weight is 213 g/mol. The molecule has 74 valence electrons. The van der Waals surface area contributed by atoms with Crippen LogP contribution in [0.15, 0.2) is 18.3 Å². The molecule has 0 unspecified atom stereocenters. The number of carbonyl (C=O) groups excluding carboxylic acids is 1. The molecule has 0 aliphatic carbocycles. The van der Waals surface area contributed by atoms with Gasteiger partial charge in [-0.15, -0.1) is 0 Å². The highest BCUT2D eigenvalue weighted by Gasteiger charge is 2.22. The standard InChI is InChI=1S/C9H9ClN2O2/c10-8-7(3-1-4-11-8)14-9(13)12-5-2-6-12/h1,3-4H,2,5-6H2. The van der Waals surface area contributed by atoms with Gasteiger partial charge in [0.05, 0.1) is 0 Å². The van der Waals surface area contributed by atoms with E-state index in [2.05, 4.69) is 4.98 Å². The van der Waals surface area contributed by atoms with E-state index in [0.717, 1.165) is 19.5 Å². The zero-order chi connectivity index (χ0) is 9.97. The molecule has 14 heavy (non-hydrogen) atoms. The molecule has 0 radical (unpaired) electrons. The van der Waals surface area contributed by atoms with Crippen molar-refractivity contribution in [3.05, 3.63) is 23.5 Å². The predicted molar refractivity (Wildman–Crippen MR) is 51.5 cm³/mol. The third-order valence-electron chi connectivity index (χ3n) is 2.04. The molecule has 1 aromatic rings. The zero-order valence-electron chi connectivity index (χ0n) is 7.44. The SMILES string of the molecule is O=C(Oc1cccnc1Cl)N1CCC1. The Morgan fingerprint density at radius 2 is 2.36 bits per heavy atom. The van der Waals surface area contributed by atoms with Gasteiger partial charge in [-0.3, -0.25) is 0 Å². The highest BCUT2D eigenvalue weighted by molar-refractivity contribution is 6.30. The fraction of sp³-hybridized carbons (Fsp3) is 0.333. The molecular formula is C9H9ClN2O2. The molecule has 2 heterocycles. The molecule has 0 bridgehead atoms. The van der Waals surface area contributed by atoms with E-state index in [1.54, 1.807) is 23.2 Å². The van der Waals surface area contributed by atoms with Crippen LogP contribution in [0, 0.1) is 0 Å². The molecule has 1 saturated heterocycles. The number of hydrogen-bond acceptors (Lipinski definition) is 3. The van der Waals surface area contributed by atoms with E-state index in [-0.39, 0.29) is 11.2 Å². The van der Waals surface area contributed by atoms with Crippen LogP contribution >= 0.6 is 11.6 Å².